The lowest BCUT2D eigenvalue weighted by molar-refractivity contribution is -0.672. The van der Waals surface area contributed by atoms with Crippen LogP contribution in [0.4, 0.5) is 0 Å². The van der Waals surface area contributed by atoms with Crippen LogP contribution in [0, 0.1) is 0 Å². The molecule has 62 valence electrons. The Morgan fingerprint density at radius 1 is 1.15 bits per heavy atom. The Balaban J connectivity index is 2.40. The summed E-state index contributed by atoms with van der Waals surface area (Å²) in [5, 5.41) is 0. The minimum absolute atomic E-state index is 0.0131. The Bertz CT molecular complexity index is 664. The van der Waals surface area contributed by atoms with Gasteiger partial charge in [-0.1, -0.05) is 18.2 Å². The molecule has 0 atom stereocenters. The number of benzene rings is 1. The van der Waals surface area contributed by atoms with E-state index in [4.69, 9.17) is 8.22 Å². The lowest BCUT2D eigenvalue weighted by Gasteiger charge is -1.90. The molecule has 1 heteroatoms. The first-order valence-electron chi connectivity index (χ1n) is 7.02. The summed E-state index contributed by atoms with van der Waals surface area (Å²) in [6.07, 6.45) is 1.46. The van der Waals surface area contributed by atoms with Gasteiger partial charge in [0.2, 0.25) is 5.69 Å². The van der Waals surface area contributed by atoms with Gasteiger partial charge in [-0.05, 0) is 12.1 Å². The third-order valence-corrected chi connectivity index (χ3v) is 2.17. The van der Waals surface area contributed by atoms with Crippen LogP contribution in [-0.2, 0) is 6.54 Å². The molecule has 2 aromatic rings. The number of hydrogen-bond acceptors (Lipinski definition) is 0. The Hall–Kier alpha value is -1.63. The van der Waals surface area contributed by atoms with E-state index in [9.17, 15) is 0 Å². The lowest BCUT2D eigenvalue weighted by Crippen LogP contribution is -2.31. The number of pyridine rings is 1. The molecule has 0 spiro atoms. The van der Waals surface area contributed by atoms with Crippen LogP contribution in [0.5, 0.6) is 0 Å². The van der Waals surface area contributed by atoms with Gasteiger partial charge in [0.05, 0.1) is 13.8 Å². The molecule has 1 aliphatic rings. The van der Waals surface area contributed by atoms with E-state index < -0.39 is 0 Å². The second-order valence-electron chi connectivity index (χ2n) is 2.94. The van der Waals surface area contributed by atoms with Gasteiger partial charge in [-0.2, -0.15) is 4.57 Å². The van der Waals surface area contributed by atoms with Crippen molar-refractivity contribution in [2.75, 3.05) is 0 Å². The van der Waals surface area contributed by atoms with Gasteiger partial charge in [0.15, 0.2) is 12.7 Å². The standard InChI is InChI=1S/C12H10N/c1-2-6-11-10(5-1)9-13-8-4-3-7-12(11)13/h1-8H,9H2/q+1/i1D,2D,3D,4D,6D,7D. The fourth-order valence-electron chi connectivity index (χ4n) is 1.57. The molecule has 0 bridgehead atoms. The summed E-state index contributed by atoms with van der Waals surface area (Å²) in [6, 6.07) is 0.936. The van der Waals surface area contributed by atoms with Crippen LogP contribution in [0.25, 0.3) is 11.3 Å². The van der Waals surface area contributed by atoms with Crippen LogP contribution in [-0.4, -0.2) is 0 Å². The first-order valence-corrected chi connectivity index (χ1v) is 4.02. The zero-order valence-electron chi connectivity index (χ0n) is 12.8. The predicted molar refractivity (Wildman–Crippen MR) is 51.2 cm³/mol. The van der Waals surface area contributed by atoms with E-state index in [0.717, 1.165) is 0 Å². The second kappa shape index (κ2) is 2.43. The number of nitrogens with zero attached hydrogens (tertiary/aromatic N) is 1. The molecular formula is C12H10N+. The average Bonchev–Trinajstić information content (AvgIpc) is 2.71. The maximum Gasteiger partial charge on any atom is 0.213 e. The average molecular weight is 174 g/mol. The summed E-state index contributed by atoms with van der Waals surface area (Å²) in [6.45, 7) is 0.376. The quantitative estimate of drug-likeness (QED) is 0.459. The van der Waals surface area contributed by atoms with E-state index in [1.54, 1.807) is 4.57 Å². The van der Waals surface area contributed by atoms with E-state index in [2.05, 4.69) is 0 Å². The Morgan fingerprint density at radius 2 is 2.08 bits per heavy atom. The van der Waals surface area contributed by atoms with Gasteiger partial charge >= 0.3 is 0 Å². The Morgan fingerprint density at radius 3 is 3.08 bits per heavy atom. The maximum absolute atomic E-state index is 7.96. The fraction of sp³-hybridized carbons (Fsp3) is 0.0833. The van der Waals surface area contributed by atoms with Crippen LogP contribution in [0.2, 0.25) is 0 Å². The van der Waals surface area contributed by atoms with Gasteiger partial charge < -0.3 is 0 Å². The normalized spacial score (nSPS) is 18.8. The lowest BCUT2D eigenvalue weighted by atomic mass is 10.1. The highest BCUT2D eigenvalue weighted by Crippen LogP contribution is 2.24. The molecule has 2 heterocycles. The van der Waals surface area contributed by atoms with E-state index in [1.165, 1.54) is 12.3 Å². The molecule has 13 heavy (non-hydrogen) atoms. The predicted octanol–water partition coefficient (Wildman–Crippen LogP) is 2.00. The maximum atomic E-state index is 7.96. The third-order valence-electron chi connectivity index (χ3n) is 2.17. The Kier molecular flexibility index (Phi) is 0.608. The van der Waals surface area contributed by atoms with E-state index in [-0.39, 0.29) is 36.3 Å². The summed E-state index contributed by atoms with van der Waals surface area (Å²) in [5.41, 5.74) is 1.54. The Labute approximate surface area is 85.7 Å². The summed E-state index contributed by atoms with van der Waals surface area (Å²) in [5.74, 6) is 0. The molecule has 0 unspecified atom stereocenters. The monoisotopic (exact) mass is 174 g/mol. The first-order chi connectivity index (χ1) is 8.91. The number of rotatable bonds is 0. The van der Waals surface area contributed by atoms with Crippen molar-refractivity contribution in [1.82, 2.24) is 0 Å². The van der Waals surface area contributed by atoms with Gasteiger partial charge in [-0.15, -0.1) is 0 Å². The summed E-state index contributed by atoms with van der Waals surface area (Å²) in [4.78, 5) is 0. The van der Waals surface area contributed by atoms with Crippen molar-refractivity contribution < 1.29 is 12.8 Å². The van der Waals surface area contributed by atoms with Crippen LogP contribution in [0.15, 0.2) is 48.5 Å². The molecule has 1 aliphatic heterocycles. The molecule has 1 aromatic heterocycles. The molecule has 0 N–H and O–H groups in total. The van der Waals surface area contributed by atoms with Crippen molar-refractivity contribution in [2.45, 2.75) is 6.54 Å². The smallest absolute Gasteiger partial charge is 0.194 e. The second-order valence-corrected chi connectivity index (χ2v) is 2.94. The molecule has 0 saturated carbocycles. The summed E-state index contributed by atoms with van der Waals surface area (Å²) >= 11 is 0. The number of aromatic nitrogens is 1. The minimum atomic E-state index is -0.181. The molecule has 0 amide bonds. The van der Waals surface area contributed by atoms with Crippen LogP contribution in [0.3, 0.4) is 0 Å². The van der Waals surface area contributed by atoms with Gasteiger partial charge in [-0.25, -0.2) is 0 Å². The molecule has 0 radical (unpaired) electrons. The minimum Gasteiger partial charge on any atom is -0.194 e. The van der Waals surface area contributed by atoms with Crippen molar-refractivity contribution in [2.24, 2.45) is 0 Å². The van der Waals surface area contributed by atoms with Gasteiger partial charge in [-0.3, -0.25) is 0 Å². The fourth-order valence-corrected chi connectivity index (χ4v) is 1.57. The topological polar surface area (TPSA) is 3.88 Å². The first kappa shape index (κ1) is 3.26. The summed E-state index contributed by atoms with van der Waals surface area (Å²) < 4.78 is 48.2. The number of hydrogen-bond donors (Lipinski definition) is 0. The van der Waals surface area contributed by atoms with Crippen molar-refractivity contribution in [3.8, 4) is 11.3 Å². The van der Waals surface area contributed by atoms with Crippen molar-refractivity contribution >= 4 is 0 Å². The van der Waals surface area contributed by atoms with Gasteiger partial charge in [0.1, 0.15) is 0 Å². The largest absolute Gasteiger partial charge is 0.213 e. The van der Waals surface area contributed by atoms with Gasteiger partial charge in [0, 0.05) is 17.6 Å². The van der Waals surface area contributed by atoms with Crippen molar-refractivity contribution in [1.29, 1.82) is 0 Å². The SMILES string of the molecule is [2H]c1cc2c(c([2H])c1[2H])-c1c([2H])c([2H])c([2H])c[n+]1C2. The molecule has 1 aromatic carbocycles. The zero-order valence-corrected chi connectivity index (χ0v) is 6.81. The van der Waals surface area contributed by atoms with Gasteiger partial charge in [0.25, 0.3) is 0 Å². The highest BCUT2D eigenvalue weighted by atomic mass is 15.0. The molecule has 0 aliphatic carbocycles. The summed E-state index contributed by atoms with van der Waals surface area (Å²) in [7, 11) is 0. The van der Waals surface area contributed by atoms with Crippen LogP contribution in [0.1, 0.15) is 13.8 Å². The van der Waals surface area contributed by atoms with Crippen LogP contribution >= 0.6 is 0 Å². The molecule has 0 saturated heterocycles. The highest BCUT2D eigenvalue weighted by Gasteiger charge is 2.23. The third kappa shape index (κ3) is 0.903. The van der Waals surface area contributed by atoms with Crippen molar-refractivity contribution in [3.05, 3.63) is 54.1 Å². The highest BCUT2D eigenvalue weighted by molar-refractivity contribution is 5.62. The van der Waals surface area contributed by atoms with E-state index in [1.807, 2.05) is 0 Å². The van der Waals surface area contributed by atoms with Crippen molar-refractivity contribution in [3.63, 3.8) is 0 Å². The molecular weight excluding hydrogens is 158 g/mol. The molecule has 0 fully saturated rings. The molecule has 1 nitrogen and oxygen atoms in total. The number of fused-ring (bicyclic) bond motifs is 3. The van der Waals surface area contributed by atoms with E-state index >= 15 is 0 Å². The van der Waals surface area contributed by atoms with E-state index in [0.29, 0.717) is 23.4 Å². The molecule has 3 rings (SSSR count). The van der Waals surface area contributed by atoms with Crippen LogP contribution < -0.4 is 4.57 Å². The zero-order chi connectivity index (χ0) is 13.9.